The summed E-state index contributed by atoms with van der Waals surface area (Å²) in [5.41, 5.74) is 2.10. The van der Waals surface area contributed by atoms with Gasteiger partial charge in [-0.2, -0.15) is 0 Å². The average Bonchev–Trinajstić information content (AvgIpc) is 3.06. The van der Waals surface area contributed by atoms with Crippen molar-refractivity contribution in [2.24, 2.45) is 4.99 Å². The summed E-state index contributed by atoms with van der Waals surface area (Å²) in [6.45, 7) is 6.05. The molecule has 1 saturated heterocycles. The minimum atomic E-state index is -2.90. The highest BCUT2D eigenvalue weighted by molar-refractivity contribution is 14.0. The Morgan fingerprint density at radius 3 is 2.85 bits per heavy atom. The second-order valence-corrected chi connectivity index (χ2v) is 8.53. The number of aliphatic imine (C=N–C) groups is 1. The van der Waals surface area contributed by atoms with Gasteiger partial charge in [0.05, 0.1) is 29.1 Å². The van der Waals surface area contributed by atoms with Gasteiger partial charge in [-0.15, -0.1) is 24.0 Å². The van der Waals surface area contributed by atoms with E-state index in [0.29, 0.717) is 18.9 Å². The maximum Gasteiger partial charge on any atom is 0.191 e. The van der Waals surface area contributed by atoms with Gasteiger partial charge in [-0.05, 0) is 32.4 Å². The molecule has 2 N–H and O–H groups in total. The van der Waals surface area contributed by atoms with E-state index in [1.165, 1.54) is 0 Å². The van der Waals surface area contributed by atoms with Crippen molar-refractivity contribution in [1.82, 2.24) is 20.2 Å². The number of aryl methyl sites for hydroxylation is 1. The van der Waals surface area contributed by atoms with Crippen LogP contribution in [0.3, 0.4) is 0 Å². The standard InChI is InChI=1S/C17H25N5O2S.HI/c1-3-18-17(21-14-8-11-25(23,24)12-14)19-9-10-22-13(2)20-15-6-4-5-7-16(15)22;/h4-7,14H,3,8-12H2,1-2H3,(H2,18,19,21);1H. The van der Waals surface area contributed by atoms with E-state index in [1.54, 1.807) is 0 Å². The van der Waals surface area contributed by atoms with Crippen LogP contribution in [0.25, 0.3) is 11.0 Å². The van der Waals surface area contributed by atoms with Crippen LogP contribution < -0.4 is 10.6 Å². The fourth-order valence-electron chi connectivity index (χ4n) is 3.16. The third-order valence-corrected chi connectivity index (χ3v) is 6.12. The van der Waals surface area contributed by atoms with Crippen LogP contribution in [0.4, 0.5) is 0 Å². The SMILES string of the molecule is CCNC(=NCCn1c(C)nc2ccccc21)NC1CCS(=O)(=O)C1.I. The lowest BCUT2D eigenvalue weighted by Crippen LogP contribution is -2.44. The number of nitrogens with zero attached hydrogens (tertiary/aromatic N) is 3. The van der Waals surface area contributed by atoms with Gasteiger partial charge in [0.15, 0.2) is 15.8 Å². The normalized spacial score (nSPS) is 19.3. The monoisotopic (exact) mass is 491 g/mol. The number of hydrogen-bond acceptors (Lipinski definition) is 4. The third-order valence-electron chi connectivity index (χ3n) is 4.36. The van der Waals surface area contributed by atoms with Crippen molar-refractivity contribution in [3.05, 3.63) is 30.1 Å². The minimum absolute atomic E-state index is 0. The van der Waals surface area contributed by atoms with Crippen molar-refractivity contribution < 1.29 is 8.42 Å². The van der Waals surface area contributed by atoms with Gasteiger partial charge >= 0.3 is 0 Å². The Labute approximate surface area is 171 Å². The summed E-state index contributed by atoms with van der Waals surface area (Å²) in [4.78, 5) is 9.16. The molecule has 144 valence electrons. The molecule has 1 aliphatic heterocycles. The molecular weight excluding hydrogens is 465 g/mol. The molecule has 2 aromatic rings. The smallest absolute Gasteiger partial charge is 0.191 e. The maximum absolute atomic E-state index is 11.6. The zero-order chi connectivity index (χ0) is 17.9. The Morgan fingerprint density at radius 1 is 1.38 bits per heavy atom. The quantitative estimate of drug-likeness (QED) is 0.378. The highest BCUT2D eigenvalue weighted by atomic mass is 127. The number of fused-ring (bicyclic) bond motifs is 1. The highest BCUT2D eigenvalue weighted by Gasteiger charge is 2.28. The number of imidazole rings is 1. The van der Waals surface area contributed by atoms with E-state index >= 15 is 0 Å². The topological polar surface area (TPSA) is 88.4 Å². The highest BCUT2D eigenvalue weighted by Crippen LogP contribution is 2.15. The van der Waals surface area contributed by atoms with E-state index in [9.17, 15) is 8.42 Å². The van der Waals surface area contributed by atoms with Crippen molar-refractivity contribution in [1.29, 1.82) is 0 Å². The lowest BCUT2D eigenvalue weighted by molar-refractivity contribution is 0.599. The number of aromatic nitrogens is 2. The molecule has 1 fully saturated rings. The average molecular weight is 491 g/mol. The Bertz CT molecular complexity index is 878. The van der Waals surface area contributed by atoms with Crippen molar-refractivity contribution in [3.63, 3.8) is 0 Å². The Morgan fingerprint density at radius 2 is 2.15 bits per heavy atom. The number of hydrogen-bond donors (Lipinski definition) is 2. The van der Waals surface area contributed by atoms with Crippen LogP contribution in [0.15, 0.2) is 29.3 Å². The summed E-state index contributed by atoms with van der Waals surface area (Å²) >= 11 is 0. The van der Waals surface area contributed by atoms with Gasteiger partial charge in [0, 0.05) is 19.1 Å². The second kappa shape index (κ2) is 9.03. The van der Waals surface area contributed by atoms with Crippen LogP contribution in [-0.4, -0.2) is 54.6 Å². The van der Waals surface area contributed by atoms with Crippen LogP contribution in [0, 0.1) is 6.92 Å². The van der Waals surface area contributed by atoms with Crippen LogP contribution in [-0.2, 0) is 16.4 Å². The number of halogens is 1. The number of nitrogens with one attached hydrogen (secondary N) is 2. The Balaban J connectivity index is 0.00000243. The van der Waals surface area contributed by atoms with E-state index in [4.69, 9.17) is 0 Å². The minimum Gasteiger partial charge on any atom is -0.357 e. The number of guanidine groups is 1. The lowest BCUT2D eigenvalue weighted by Gasteiger charge is -2.16. The first-order valence-electron chi connectivity index (χ1n) is 8.65. The van der Waals surface area contributed by atoms with Crippen LogP contribution >= 0.6 is 24.0 Å². The van der Waals surface area contributed by atoms with Gasteiger partial charge in [0.2, 0.25) is 0 Å². The van der Waals surface area contributed by atoms with Gasteiger partial charge in [-0.25, -0.2) is 13.4 Å². The van der Waals surface area contributed by atoms with Gasteiger partial charge < -0.3 is 15.2 Å². The molecule has 0 aliphatic carbocycles. The Kier molecular flexibility index (Phi) is 7.27. The fourth-order valence-corrected chi connectivity index (χ4v) is 4.84. The zero-order valence-electron chi connectivity index (χ0n) is 15.1. The molecule has 7 nitrogen and oxygen atoms in total. The number of rotatable bonds is 5. The molecule has 0 radical (unpaired) electrons. The van der Waals surface area contributed by atoms with Gasteiger partial charge in [0.25, 0.3) is 0 Å². The first kappa shape index (κ1) is 20.9. The van der Waals surface area contributed by atoms with E-state index in [-0.39, 0.29) is 41.5 Å². The summed E-state index contributed by atoms with van der Waals surface area (Å²) in [5, 5.41) is 6.43. The molecule has 1 atom stereocenters. The number of benzene rings is 1. The molecule has 1 aromatic carbocycles. The number of para-hydroxylation sites is 2. The molecule has 1 aliphatic rings. The molecular formula is C17H26IN5O2S. The van der Waals surface area contributed by atoms with Gasteiger partial charge in [-0.1, -0.05) is 12.1 Å². The fraction of sp³-hybridized carbons (Fsp3) is 0.529. The molecule has 3 rings (SSSR count). The molecule has 26 heavy (non-hydrogen) atoms. The second-order valence-electron chi connectivity index (χ2n) is 6.30. The molecule has 1 aromatic heterocycles. The maximum atomic E-state index is 11.6. The van der Waals surface area contributed by atoms with E-state index < -0.39 is 9.84 Å². The zero-order valence-corrected chi connectivity index (χ0v) is 18.3. The predicted molar refractivity (Wildman–Crippen MR) is 116 cm³/mol. The molecule has 9 heteroatoms. The predicted octanol–water partition coefficient (Wildman–Crippen LogP) is 1.70. The van der Waals surface area contributed by atoms with Crippen molar-refractivity contribution >= 4 is 50.8 Å². The molecule has 1 unspecified atom stereocenters. The van der Waals surface area contributed by atoms with Crippen LogP contribution in [0.2, 0.25) is 0 Å². The van der Waals surface area contributed by atoms with Gasteiger partial charge in [-0.3, -0.25) is 4.99 Å². The van der Waals surface area contributed by atoms with Crippen molar-refractivity contribution in [3.8, 4) is 0 Å². The molecule has 0 bridgehead atoms. The largest absolute Gasteiger partial charge is 0.357 e. The van der Waals surface area contributed by atoms with E-state index in [1.807, 2.05) is 32.0 Å². The summed E-state index contributed by atoms with van der Waals surface area (Å²) in [7, 11) is -2.90. The van der Waals surface area contributed by atoms with Crippen LogP contribution in [0.1, 0.15) is 19.2 Å². The number of sulfone groups is 1. The Hall–Kier alpha value is -1.36. The lowest BCUT2D eigenvalue weighted by atomic mass is 10.3. The molecule has 0 amide bonds. The van der Waals surface area contributed by atoms with Crippen molar-refractivity contribution in [2.45, 2.75) is 32.9 Å². The summed E-state index contributed by atoms with van der Waals surface area (Å²) in [6.07, 6.45) is 0.637. The molecule has 0 spiro atoms. The summed E-state index contributed by atoms with van der Waals surface area (Å²) < 4.78 is 25.4. The van der Waals surface area contributed by atoms with Crippen molar-refractivity contribution in [2.75, 3.05) is 24.6 Å². The van der Waals surface area contributed by atoms with E-state index in [0.717, 1.165) is 29.9 Å². The first-order chi connectivity index (χ1) is 12.0. The van der Waals surface area contributed by atoms with E-state index in [2.05, 4.69) is 31.2 Å². The molecule has 0 saturated carbocycles. The van der Waals surface area contributed by atoms with Gasteiger partial charge in [0.1, 0.15) is 5.82 Å². The first-order valence-corrected chi connectivity index (χ1v) is 10.5. The molecule has 2 heterocycles. The van der Waals surface area contributed by atoms with Crippen LogP contribution in [0.5, 0.6) is 0 Å². The summed E-state index contributed by atoms with van der Waals surface area (Å²) in [6, 6.07) is 8.01. The third kappa shape index (κ3) is 5.09. The summed E-state index contributed by atoms with van der Waals surface area (Å²) in [5.74, 6) is 2.08.